The SMILES string of the molecule is CC(Br)c1ccc(CC(=O)Cl)cc1. The molecule has 0 aliphatic carbocycles. The van der Waals surface area contributed by atoms with Crippen LogP contribution in [0.3, 0.4) is 0 Å². The highest BCUT2D eigenvalue weighted by Crippen LogP contribution is 2.21. The molecule has 1 nitrogen and oxygen atoms in total. The van der Waals surface area contributed by atoms with Gasteiger partial charge in [-0.15, -0.1) is 0 Å². The first-order chi connectivity index (χ1) is 6.09. The van der Waals surface area contributed by atoms with Crippen molar-refractivity contribution in [3.8, 4) is 0 Å². The minimum atomic E-state index is -0.320. The van der Waals surface area contributed by atoms with Gasteiger partial charge in [0.1, 0.15) is 0 Å². The maximum Gasteiger partial charge on any atom is 0.226 e. The normalized spacial score (nSPS) is 12.5. The van der Waals surface area contributed by atoms with Crippen molar-refractivity contribution in [3.63, 3.8) is 0 Å². The van der Waals surface area contributed by atoms with Crippen molar-refractivity contribution in [2.75, 3.05) is 0 Å². The van der Waals surface area contributed by atoms with Crippen LogP contribution in [0.5, 0.6) is 0 Å². The second-order valence-electron chi connectivity index (χ2n) is 2.89. The topological polar surface area (TPSA) is 17.1 Å². The molecule has 70 valence electrons. The van der Waals surface area contributed by atoms with Crippen molar-refractivity contribution in [2.45, 2.75) is 18.2 Å². The van der Waals surface area contributed by atoms with Crippen LogP contribution in [-0.2, 0) is 11.2 Å². The highest BCUT2D eigenvalue weighted by molar-refractivity contribution is 9.09. The Morgan fingerprint density at radius 3 is 2.38 bits per heavy atom. The van der Waals surface area contributed by atoms with Crippen molar-refractivity contribution < 1.29 is 4.79 Å². The van der Waals surface area contributed by atoms with E-state index in [9.17, 15) is 4.79 Å². The van der Waals surface area contributed by atoms with Gasteiger partial charge in [0.15, 0.2) is 0 Å². The Morgan fingerprint density at radius 2 is 2.00 bits per heavy atom. The lowest BCUT2D eigenvalue weighted by molar-refractivity contribution is -0.111. The largest absolute Gasteiger partial charge is 0.281 e. The Bertz CT molecular complexity index is 292. The van der Waals surface area contributed by atoms with Crippen LogP contribution in [-0.4, -0.2) is 5.24 Å². The predicted octanol–water partition coefficient (Wildman–Crippen LogP) is 3.45. The van der Waals surface area contributed by atoms with E-state index in [1.807, 2.05) is 24.3 Å². The maximum atomic E-state index is 10.6. The molecule has 0 aromatic heterocycles. The van der Waals surface area contributed by atoms with E-state index in [1.54, 1.807) is 0 Å². The van der Waals surface area contributed by atoms with E-state index < -0.39 is 0 Å². The molecule has 1 unspecified atom stereocenters. The van der Waals surface area contributed by atoms with Crippen LogP contribution in [0, 0.1) is 0 Å². The van der Waals surface area contributed by atoms with Crippen LogP contribution in [0.25, 0.3) is 0 Å². The zero-order valence-corrected chi connectivity index (χ0v) is 9.60. The predicted molar refractivity (Wildman–Crippen MR) is 58.3 cm³/mol. The lowest BCUT2D eigenvalue weighted by Crippen LogP contribution is -1.93. The van der Waals surface area contributed by atoms with Gasteiger partial charge in [-0.1, -0.05) is 40.2 Å². The van der Waals surface area contributed by atoms with Gasteiger partial charge in [-0.25, -0.2) is 0 Å². The minimum absolute atomic E-state index is 0.304. The number of carbonyl (C=O) groups excluding carboxylic acids is 1. The molecule has 0 saturated heterocycles. The molecule has 0 heterocycles. The fraction of sp³-hybridized carbons (Fsp3) is 0.300. The Hall–Kier alpha value is -0.340. The molecule has 1 atom stereocenters. The Morgan fingerprint density at radius 1 is 1.46 bits per heavy atom. The van der Waals surface area contributed by atoms with E-state index in [-0.39, 0.29) is 5.24 Å². The lowest BCUT2D eigenvalue weighted by Gasteiger charge is -2.03. The van der Waals surface area contributed by atoms with Gasteiger partial charge in [0.2, 0.25) is 5.24 Å². The third kappa shape index (κ3) is 3.49. The summed E-state index contributed by atoms with van der Waals surface area (Å²) in [4.78, 5) is 10.9. The quantitative estimate of drug-likeness (QED) is 0.602. The van der Waals surface area contributed by atoms with Crippen molar-refractivity contribution in [3.05, 3.63) is 35.4 Å². The smallest absolute Gasteiger partial charge is 0.226 e. The van der Waals surface area contributed by atoms with E-state index in [0.717, 1.165) is 5.56 Å². The molecular weight excluding hydrogens is 251 g/mol. The Labute approximate surface area is 91.2 Å². The highest BCUT2D eigenvalue weighted by atomic mass is 79.9. The molecule has 1 aromatic rings. The van der Waals surface area contributed by atoms with Crippen LogP contribution < -0.4 is 0 Å². The average molecular weight is 262 g/mol. The number of hydrogen-bond acceptors (Lipinski definition) is 1. The molecule has 0 aliphatic heterocycles. The molecule has 0 radical (unpaired) electrons. The van der Waals surface area contributed by atoms with Gasteiger partial charge < -0.3 is 0 Å². The molecule has 0 fully saturated rings. The van der Waals surface area contributed by atoms with Gasteiger partial charge in [-0.3, -0.25) is 4.79 Å². The third-order valence-electron chi connectivity index (χ3n) is 1.78. The van der Waals surface area contributed by atoms with Crippen LogP contribution >= 0.6 is 27.5 Å². The second-order valence-corrected chi connectivity index (χ2v) is 4.68. The van der Waals surface area contributed by atoms with E-state index in [4.69, 9.17) is 11.6 Å². The number of benzene rings is 1. The van der Waals surface area contributed by atoms with Gasteiger partial charge >= 0.3 is 0 Å². The zero-order chi connectivity index (χ0) is 9.84. The molecule has 0 amide bonds. The van der Waals surface area contributed by atoms with Crippen LogP contribution in [0.15, 0.2) is 24.3 Å². The second kappa shape index (κ2) is 4.77. The average Bonchev–Trinajstić information content (AvgIpc) is 2.04. The summed E-state index contributed by atoms with van der Waals surface area (Å²) >= 11 is 8.73. The van der Waals surface area contributed by atoms with Crippen molar-refractivity contribution in [2.24, 2.45) is 0 Å². The van der Waals surface area contributed by atoms with E-state index in [0.29, 0.717) is 11.2 Å². The summed E-state index contributed by atoms with van der Waals surface area (Å²) in [6, 6.07) is 7.84. The van der Waals surface area contributed by atoms with E-state index in [1.165, 1.54) is 5.56 Å². The van der Waals surface area contributed by atoms with E-state index >= 15 is 0 Å². The maximum absolute atomic E-state index is 10.6. The molecule has 0 N–H and O–H groups in total. The van der Waals surface area contributed by atoms with E-state index in [2.05, 4.69) is 22.9 Å². The first-order valence-electron chi connectivity index (χ1n) is 4.01. The van der Waals surface area contributed by atoms with Crippen molar-refractivity contribution >= 4 is 32.8 Å². The number of alkyl halides is 1. The fourth-order valence-corrected chi connectivity index (χ4v) is 1.52. The van der Waals surface area contributed by atoms with Crippen molar-refractivity contribution in [1.82, 2.24) is 0 Å². The number of hydrogen-bond donors (Lipinski definition) is 0. The fourth-order valence-electron chi connectivity index (χ4n) is 1.06. The summed E-state index contributed by atoms with van der Waals surface area (Å²) < 4.78 is 0. The summed E-state index contributed by atoms with van der Waals surface area (Å²) in [6.07, 6.45) is 0.304. The first-order valence-corrected chi connectivity index (χ1v) is 5.30. The first kappa shape index (κ1) is 10.7. The molecule has 13 heavy (non-hydrogen) atoms. The van der Waals surface area contributed by atoms with Crippen molar-refractivity contribution in [1.29, 1.82) is 0 Å². The molecule has 0 saturated carbocycles. The third-order valence-corrected chi connectivity index (χ3v) is 2.44. The molecular formula is C10H10BrClO. The lowest BCUT2D eigenvalue weighted by atomic mass is 10.1. The Kier molecular flexibility index (Phi) is 3.94. The molecule has 1 rings (SSSR count). The van der Waals surface area contributed by atoms with Gasteiger partial charge in [0.25, 0.3) is 0 Å². The van der Waals surface area contributed by atoms with Crippen LogP contribution in [0.4, 0.5) is 0 Å². The molecule has 0 aliphatic rings. The molecule has 1 aromatic carbocycles. The molecule has 0 spiro atoms. The highest BCUT2D eigenvalue weighted by Gasteiger charge is 2.02. The minimum Gasteiger partial charge on any atom is -0.281 e. The summed E-state index contributed by atoms with van der Waals surface area (Å²) in [5.74, 6) is 0. The monoisotopic (exact) mass is 260 g/mol. The van der Waals surface area contributed by atoms with Crippen LogP contribution in [0.2, 0.25) is 0 Å². The standard InChI is InChI=1S/C10H10BrClO/c1-7(11)9-4-2-8(3-5-9)6-10(12)13/h2-5,7H,6H2,1H3. The number of halogens is 2. The summed E-state index contributed by atoms with van der Waals surface area (Å²) in [5, 5.41) is -0.320. The van der Waals surface area contributed by atoms with Gasteiger partial charge in [0, 0.05) is 11.2 Å². The number of carbonyl (C=O) groups is 1. The summed E-state index contributed by atoms with van der Waals surface area (Å²) in [6.45, 7) is 2.06. The van der Waals surface area contributed by atoms with Gasteiger partial charge in [0.05, 0.1) is 0 Å². The zero-order valence-electron chi connectivity index (χ0n) is 7.26. The van der Waals surface area contributed by atoms with Crippen LogP contribution in [0.1, 0.15) is 22.9 Å². The van der Waals surface area contributed by atoms with Gasteiger partial charge in [-0.2, -0.15) is 0 Å². The summed E-state index contributed by atoms with van der Waals surface area (Å²) in [5.41, 5.74) is 2.16. The van der Waals surface area contributed by atoms with Gasteiger partial charge in [-0.05, 0) is 29.7 Å². The summed E-state index contributed by atoms with van der Waals surface area (Å²) in [7, 11) is 0. The Balaban J connectivity index is 2.75. The number of rotatable bonds is 3. The molecule has 3 heteroatoms. The molecule has 0 bridgehead atoms.